The maximum atomic E-state index is 13.7. The summed E-state index contributed by atoms with van der Waals surface area (Å²) in [5, 5.41) is 10.1. The van der Waals surface area contributed by atoms with E-state index < -0.39 is 5.82 Å². The molecule has 2 heterocycles. The molecule has 258 valence electrons. The standard InChI is InChI=1S/C32H40ClFN8O6/c1-42(2,10-13-45-15-17-46-16-14-44-12-8-38-41-35)9-3-4-31(43)40-29-19-25-28(20-30(29)48-24-7-11-47-21-24)36-22-37-32(25)39-23-5-6-27(34)26(33)18-23/h3-6,18-20,22,24H,7-17,21H2,1-2H3,(H-,36,37,39,40,43)/p+1/b4-3+/t24-/m0/s1. The highest BCUT2D eigenvalue weighted by Gasteiger charge is 2.21. The molecular formula is C32H41ClFN8O6+. The molecule has 4 rings (SSSR count). The van der Waals surface area contributed by atoms with E-state index in [1.165, 1.54) is 24.5 Å². The lowest BCUT2D eigenvalue weighted by molar-refractivity contribution is -0.884. The number of aromatic nitrogens is 2. The Morgan fingerprint density at radius 2 is 1.92 bits per heavy atom. The maximum Gasteiger partial charge on any atom is 0.248 e. The fourth-order valence-corrected chi connectivity index (χ4v) is 4.77. The molecule has 3 aromatic rings. The van der Waals surface area contributed by atoms with Crippen LogP contribution >= 0.6 is 11.6 Å². The Morgan fingerprint density at radius 3 is 2.65 bits per heavy atom. The molecule has 1 saturated heterocycles. The minimum Gasteiger partial charge on any atom is -0.486 e. The lowest BCUT2D eigenvalue weighted by Crippen LogP contribution is -2.42. The van der Waals surface area contributed by atoms with Crippen LogP contribution in [0, 0.1) is 5.82 Å². The number of nitrogens with zero attached hydrogens (tertiary/aromatic N) is 6. The molecule has 1 amide bonds. The Kier molecular flexibility index (Phi) is 14.6. The zero-order chi connectivity index (χ0) is 34.2. The molecule has 2 aromatic carbocycles. The van der Waals surface area contributed by atoms with Crippen molar-refractivity contribution >= 4 is 45.6 Å². The molecule has 16 heteroatoms. The van der Waals surface area contributed by atoms with E-state index in [1.54, 1.807) is 18.2 Å². The first-order chi connectivity index (χ1) is 23.2. The number of anilines is 3. The van der Waals surface area contributed by atoms with E-state index in [0.29, 0.717) is 104 Å². The first-order valence-corrected chi connectivity index (χ1v) is 15.9. The zero-order valence-corrected chi connectivity index (χ0v) is 27.8. The lowest BCUT2D eigenvalue weighted by atomic mass is 10.1. The summed E-state index contributed by atoms with van der Waals surface area (Å²) in [4.78, 5) is 24.5. The molecule has 1 fully saturated rings. The number of ether oxygens (including phenoxy) is 5. The Bertz CT molecular complexity index is 1580. The minimum atomic E-state index is -0.526. The van der Waals surface area contributed by atoms with Gasteiger partial charge in [0.25, 0.3) is 0 Å². The van der Waals surface area contributed by atoms with Gasteiger partial charge in [-0.25, -0.2) is 14.4 Å². The van der Waals surface area contributed by atoms with E-state index in [9.17, 15) is 9.18 Å². The molecule has 0 aliphatic carbocycles. The second-order valence-corrected chi connectivity index (χ2v) is 11.9. The van der Waals surface area contributed by atoms with Crippen molar-refractivity contribution in [1.29, 1.82) is 0 Å². The van der Waals surface area contributed by atoms with Gasteiger partial charge >= 0.3 is 0 Å². The zero-order valence-electron chi connectivity index (χ0n) is 27.1. The van der Waals surface area contributed by atoms with Gasteiger partial charge in [0.15, 0.2) is 0 Å². The number of amides is 1. The predicted molar refractivity (Wildman–Crippen MR) is 180 cm³/mol. The number of azide groups is 1. The second kappa shape index (κ2) is 19.1. The molecule has 48 heavy (non-hydrogen) atoms. The predicted octanol–water partition coefficient (Wildman–Crippen LogP) is 5.26. The summed E-state index contributed by atoms with van der Waals surface area (Å²) in [6, 6.07) is 7.79. The van der Waals surface area contributed by atoms with Crippen LogP contribution in [0.2, 0.25) is 5.02 Å². The molecule has 0 unspecified atom stereocenters. The van der Waals surface area contributed by atoms with Gasteiger partial charge in [0, 0.05) is 41.1 Å². The number of hydrogen-bond donors (Lipinski definition) is 2. The quantitative estimate of drug-likeness (QED) is 0.0403. The van der Waals surface area contributed by atoms with Gasteiger partial charge in [-0.1, -0.05) is 16.7 Å². The van der Waals surface area contributed by atoms with Crippen molar-refractivity contribution in [3.8, 4) is 5.75 Å². The van der Waals surface area contributed by atoms with Crippen LogP contribution in [0.1, 0.15) is 6.42 Å². The number of rotatable bonds is 20. The molecule has 0 radical (unpaired) electrons. The van der Waals surface area contributed by atoms with Crippen molar-refractivity contribution in [3.05, 3.63) is 70.1 Å². The molecule has 0 saturated carbocycles. The summed E-state index contributed by atoms with van der Waals surface area (Å²) in [6.45, 7) is 5.36. The van der Waals surface area contributed by atoms with E-state index in [1.807, 2.05) is 6.08 Å². The molecule has 14 nitrogen and oxygen atoms in total. The van der Waals surface area contributed by atoms with Crippen LogP contribution in [0.25, 0.3) is 21.3 Å². The van der Waals surface area contributed by atoms with E-state index in [0.717, 1.165) is 13.0 Å². The fourth-order valence-electron chi connectivity index (χ4n) is 4.59. The van der Waals surface area contributed by atoms with E-state index in [4.69, 9.17) is 40.8 Å². The summed E-state index contributed by atoms with van der Waals surface area (Å²) in [6.07, 6.45) is 5.30. The maximum absolute atomic E-state index is 13.7. The average Bonchev–Trinajstić information content (AvgIpc) is 3.57. The third kappa shape index (κ3) is 12.2. The number of carbonyl (C=O) groups excluding carboxylic acids is 1. The van der Waals surface area contributed by atoms with Gasteiger partial charge < -0.3 is 38.8 Å². The third-order valence-electron chi connectivity index (χ3n) is 7.21. The van der Waals surface area contributed by atoms with Crippen LogP contribution in [0.5, 0.6) is 5.75 Å². The van der Waals surface area contributed by atoms with Gasteiger partial charge in [0.1, 0.15) is 36.4 Å². The van der Waals surface area contributed by atoms with Crippen molar-refractivity contribution in [1.82, 2.24) is 9.97 Å². The van der Waals surface area contributed by atoms with Crippen LogP contribution in [-0.2, 0) is 23.7 Å². The highest BCUT2D eigenvalue weighted by Crippen LogP contribution is 2.35. The Hall–Kier alpha value is -4.08. The fraction of sp³-hybridized carbons (Fsp3) is 0.469. The van der Waals surface area contributed by atoms with Crippen molar-refractivity contribution in [2.75, 3.05) is 97.2 Å². The number of likely N-dealkylation sites (N-methyl/N-ethyl adjacent to an activating group) is 1. The number of fused-ring (bicyclic) bond motifs is 1. The Morgan fingerprint density at radius 1 is 1.15 bits per heavy atom. The lowest BCUT2D eigenvalue weighted by Gasteiger charge is -2.28. The number of carbonyl (C=O) groups is 1. The van der Waals surface area contributed by atoms with E-state index >= 15 is 0 Å². The highest BCUT2D eigenvalue weighted by atomic mass is 35.5. The van der Waals surface area contributed by atoms with Gasteiger partial charge in [-0.3, -0.25) is 4.79 Å². The van der Waals surface area contributed by atoms with Gasteiger partial charge in [-0.15, -0.1) is 0 Å². The first kappa shape index (κ1) is 36.8. The number of benzene rings is 2. The van der Waals surface area contributed by atoms with Gasteiger partial charge in [-0.2, -0.15) is 0 Å². The van der Waals surface area contributed by atoms with Crippen molar-refractivity contribution in [3.63, 3.8) is 0 Å². The minimum absolute atomic E-state index is 0.0219. The largest absolute Gasteiger partial charge is 0.486 e. The van der Waals surface area contributed by atoms with Crippen LogP contribution in [0.3, 0.4) is 0 Å². The van der Waals surface area contributed by atoms with Gasteiger partial charge in [-0.05, 0) is 35.9 Å². The highest BCUT2D eigenvalue weighted by molar-refractivity contribution is 6.31. The normalized spacial score (nSPS) is 14.7. The number of quaternary nitrogens is 1. The van der Waals surface area contributed by atoms with Crippen molar-refractivity contribution in [2.45, 2.75) is 12.5 Å². The van der Waals surface area contributed by atoms with E-state index in [2.05, 4.69) is 44.7 Å². The van der Waals surface area contributed by atoms with Crippen LogP contribution in [-0.4, -0.2) is 113 Å². The van der Waals surface area contributed by atoms with Gasteiger partial charge in [0.2, 0.25) is 5.91 Å². The molecule has 1 aromatic heterocycles. The van der Waals surface area contributed by atoms with Crippen LogP contribution < -0.4 is 15.4 Å². The third-order valence-corrected chi connectivity index (χ3v) is 7.50. The Balaban J connectivity index is 1.31. The Labute approximate surface area is 283 Å². The molecule has 1 atom stereocenters. The average molecular weight is 688 g/mol. The number of hydrogen-bond acceptors (Lipinski definition) is 10. The van der Waals surface area contributed by atoms with Crippen LogP contribution in [0.15, 0.2) is 53.9 Å². The summed E-state index contributed by atoms with van der Waals surface area (Å²) < 4.78 is 42.5. The SMILES string of the molecule is C[N+](C)(C/C=C/C(=O)Nc1cc2c(Nc3ccc(F)c(Cl)c3)ncnc2cc1O[C@H]1CCOC1)CCOCCOCCOCCN=[N+]=[N-]. The van der Waals surface area contributed by atoms with Crippen molar-refractivity contribution in [2.24, 2.45) is 5.11 Å². The monoisotopic (exact) mass is 687 g/mol. The summed E-state index contributed by atoms with van der Waals surface area (Å²) in [5.74, 6) is 0.0607. The molecule has 0 spiro atoms. The molecule has 1 aliphatic rings. The van der Waals surface area contributed by atoms with Crippen LogP contribution in [0.4, 0.5) is 21.6 Å². The van der Waals surface area contributed by atoms with Crippen molar-refractivity contribution < 1.29 is 37.4 Å². The summed E-state index contributed by atoms with van der Waals surface area (Å²) in [5.41, 5.74) is 9.79. The molecule has 0 bridgehead atoms. The van der Waals surface area contributed by atoms with E-state index in [-0.39, 0.29) is 17.0 Å². The smallest absolute Gasteiger partial charge is 0.248 e. The number of nitrogens with one attached hydrogen (secondary N) is 2. The molecule has 2 N–H and O–H groups in total. The first-order valence-electron chi connectivity index (χ1n) is 15.5. The second-order valence-electron chi connectivity index (χ2n) is 11.5. The summed E-state index contributed by atoms with van der Waals surface area (Å²) >= 11 is 5.97. The summed E-state index contributed by atoms with van der Waals surface area (Å²) in [7, 11) is 4.11. The molecular weight excluding hydrogens is 647 g/mol. The van der Waals surface area contributed by atoms with Gasteiger partial charge in [0.05, 0.1) is 89.7 Å². The number of halogens is 2. The topological polar surface area (TPSA) is 162 Å². The molecule has 1 aliphatic heterocycles.